The molecule has 1 fully saturated rings. The molecule has 0 amide bonds. The quantitative estimate of drug-likeness (QED) is 0.394. The molecule has 8 nitrogen and oxygen atoms in total. The summed E-state index contributed by atoms with van der Waals surface area (Å²) in [6, 6.07) is 3.78. The van der Waals surface area contributed by atoms with E-state index in [1.165, 1.54) is 0 Å². The fourth-order valence-corrected chi connectivity index (χ4v) is 3.20. The van der Waals surface area contributed by atoms with Crippen molar-refractivity contribution in [2.24, 2.45) is 0 Å². The first-order chi connectivity index (χ1) is 12.9. The minimum absolute atomic E-state index is 0.339. The lowest BCUT2D eigenvalue weighted by molar-refractivity contribution is -0.214. The van der Waals surface area contributed by atoms with E-state index in [0.29, 0.717) is 16.6 Å². The first-order valence-corrected chi connectivity index (χ1v) is 9.01. The van der Waals surface area contributed by atoms with Crippen LogP contribution >= 0.6 is 0 Å². The highest BCUT2D eigenvalue weighted by molar-refractivity contribution is 5.82. The van der Waals surface area contributed by atoms with Crippen molar-refractivity contribution < 1.29 is 25.2 Å². The Bertz CT molecular complexity index is 906. The largest absolute Gasteiger partial charge is 0.394 e. The van der Waals surface area contributed by atoms with E-state index in [9.17, 15) is 25.2 Å². The van der Waals surface area contributed by atoms with Gasteiger partial charge in [-0.3, -0.25) is 0 Å². The molecule has 8 heteroatoms. The van der Waals surface area contributed by atoms with Crippen LogP contribution in [0.1, 0.15) is 30.9 Å². The molecular formula is C19H24N2O6. The molecule has 1 saturated heterocycles. The van der Waals surface area contributed by atoms with Crippen LogP contribution in [0.25, 0.3) is 11.0 Å². The molecule has 0 bridgehead atoms. The molecule has 0 spiro atoms. The predicted molar refractivity (Wildman–Crippen MR) is 98.2 cm³/mol. The average molecular weight is 376 g/mol. The van der Waals surface area contributed by atoms with Crippen molar-refractivity contribution >= 4 is 11.0 Å². The Labute approximate surface area is 155 Å². The first kappa shape index (κ1) is 19.6. The van der Waals surface area contributed by atoms with E-state index >= 15 is 0 Å². The van der Waals surface area contributed by atoms with Crippen LogP contribution in [0.2, 0.25) is 0 Å². The SMILES string of the molecule is CCCCc1cc(C#C[C@H]2O[C@H](CO)[C@@H](O)[C@H](O)[C@@H]2O)c2[nH]c(=O)[nH]c2c1. The first-order valence-electron chi connectivity index (χ1n) is 9.01. The molecule has 3 rings (SSSR count). The second-order valence-electron chi connectivity index (χ2n) is 6.77. The van der Waals surface area contributed by atoms with Crippen LogP contribution < -0.4 is 5.69 Å². The van der Waals surface area contributed by atoms with Crippen molar-refractivity contribution in [2.75, 3.05) is 6.61 Å². The van der Waals surface area contributed by atoms with Gasteiger partial charge in [0.25, 0.3) is 0 Å². The summed E-state index contributed by atoms with van der Waals surface area (Å²) in [7, 11) is 0. The third-order valence-electron chi connectivity index (χ3n) is 4.75. The summed E-state index contributed by atoms with van der Waals surface area (Å²) >= 11 is 0. The van der Waals surface area contributed by atoms with Gasteiger partial charge in [0, 0.05) is 0 Å². The molecule has 2 heterocycles. The lowest BCUT2D eigenvalue weighted by Gasteiger charge is -2.37. The maximum Gasteiger partial charge on any atom is 0.323 e. The molecule has 1 aliphatic rings. The van der Waals surface area contributed by atoms with E-state index in [1.54, 1.807) is 0 Å². The van der Waals surface area contributed by atoms with Crippen LogP contribution in [0.4, 0.5) is 0 Å². The van der Waals surface area contributed by atoms with Gasteiger partial charge in [0.1, 0.15) is 30.5 Å². The zero-order valence-corrected chi connectivity index (χ0v) is 15.0. The second-order valence-corrected chi connectivity index (χ2v) is 6.77. The van der Waals surface area contributed by atoms with Gasteiger partial charge in [-0.15, -0.1) is 0 Å². The summed E-state index contributed by atoms with van der Waals surface area (Å²) in [5.41, 5.74) is 2.45. The van der Waals surface area contributed by atoms with E-state index in [4.69, 9.17) is 4.74 Å². The molecule has 5 atom stereocenters. The monoisotopic (exact) mass is 376 g/mol. The fourth-order valence-electron chi connectivity index (χ4n) is 3.20. The minimum atomic E-state index is -1.47. The summed E-state index contributed by atoms with van der Waals surface area (Å²) in [6.07, 6.45) is -3.53. The summed E-state index contributed by atoms with van der Waals surface area (Å²) in [5.74, 6) is 5.65. The van der Waals surface area contributed by atoms with Crippen molar-refractivity contribution in [3.8, 4) is 11.8 Å². The van der Waals surface area contributed by atoms with E-state index in [-0.39, 0.29) is 5.69 Å². The predicted octanol–water partition coefficient (Wildman–Crippen LogP) is -0.607. The summed E-state index contributed by atoms with van der Waals surface area (Å²) in [4.78, 5) is 17.1. The Hall–Kier alpha value is -2.15. The van der Waals surface area contributed by atoms with Gasteiger partial charge in [0.15, 0.2) is 0 Å². The highest BCUT2D eigenvalue weighted by Crippen LogP contribution is 2.22. The topological polar surface area (TPSA) is 139 Å². The highest BCUT2D eigenvalue weighted by atomic mass is 16.5. The van der Waals surface area contributed by atoms with Crippen molar-refractivity contribution in [1.82, 2.24) is 9.97 Å². The number of nitrogens with one attached hydrogen (secondary N) is 2. The number of benzene rings is 1. The number of aliphatic hydroxyl groups is 4. The molecule has 1 aromatic carbocycles. The van der Waals surface area contributed by atoms with Gasteiger partial charge in [0.2, 0.25) is 0 Å². The van der Waals surface area contributed by atoms with E-state index in [0.717, 1.165) is 24.8 Å². The Balaban J connectivity index is 1.95. The lowest BCUT2D eigenvalue weighted by Crippen LogP contribution is -2.58. The van der Waals surface area contributed by atoms with E-state index in [2.05, 4.69) is 28.7 Å². The molecule has 27 heavy (non-hydrogen) atoms. The maximum absolute atomic E-state index is 11.7. The van der Waals surface area contributed by atoms with Gasteiger partial charge in [-0.05, 0) is 30.5 Å². The number of H-pyrrole nitrogens is 2. The van der Waals surface area contributed by atoms with Gasteiger partial charge < -0.3 is 35.1 Å². The van der Waals surface area contributed by atoms with Gasteiger partial charge in [-0.25, -0.2) is 4.79 Å². The molecule has 2 aromatic rings. The number of aromatic amines is 2. The fraction of sp³-hybridized carbons (Fsp3) is 0.526. The number of unbranched alkanes of at least 4 members (excludes halogenated alkanes) is 1. The molecule has 0 saturated carbocycles. The van der Waals surface area contributed by atoms with E-state index < -0.39 is 37.1 Å². The number of aromatic nitrogens is 2. The Morgan fingerprint density at radius 1 is 1.15 bits per heavy atom. The number of imidazole rings is 1. The lowest BCUT2D eigenvalue weighted by atomic mass is 9.95. The number of aliphatic hydroxyl groups excluding tert-OH is 4. The van der Waals surface area contributed by atoms with Crippen molar-refractivity contribution in [2.45, 2.75) is 56.7 Å². The molecule has 146 valence electrons. The Morgan fingerprint density at radius 2 is 1.93 bits per heavy atom. The standard InChI is InChI=1S/C19H24N2O6/c1-2-3-4-10-7-11(15-12(8-10)20-19(26)21-15)5-6-13-16(23)18(25)17(24)14(9-22)27-13/h7-8,13-14,16-18,22-25H,2-4,9H2,1H3,(H2,20,21,26)/t13-,14-,16-,17-,18-/m1/s1. The smallest absolute Gasteiger partial charge is 0.323 e. The molecule has 0 radical (unpaired) electrons. The highest BCUT2D eigenvalue weighted by Gasteiger charge is 2.42. The van der Waals surface area contributed by atoms with Crippen molar-refractivity contribution in [3.63, 3.8) is 0 Å². The third-order valence-corrected chi connectivity index (χ3v) is 4.75. The number of hydrogen-bond donors (Lipinski definition) is 6. The van der Waals surface area contributed by atoms with Crippen LogP contribution in [0.5, 0.6) is 0 Å². The third kappa shape index (κ3) is 4.08. The van der Waals surface area contributed by atoms with Gasteiger partial charge in [-0.1, -0.05) is 25.2 Å². The zero-order chi connectivity index (χ0) is 19.6. The van der Waals surface area contributed by atoms with Gasteiger partial charge in [-0.2, -0.15) is 0 Å². The minimum Gasteiger partial charge on any atom is -0.394 e. The number of hydrogen-bond acceptors (Lipinski definition) is 6. The molecule has 0 aliphatic carbocycles. The maximum atomic E-state index is 11.7. The van der Waals surface area contributed by atoms with Crippen LogP contribution in [0.3, 0.4) is 0 Å². The van der Waals surface area contributed by atoms with Crippen LogP contribution in [0, 0.1) is 11.8 Å². The number of rotatable bonds is 4. The number of ether oxygens (including phenoxy) is 1. The van der Waals surface area contributed by atoms with Crippen LogP contribution in [0.15, 0.2) is 16.9 Å². The van der Waals surface area contributed by atoms with Crippen LogP contribution in [-0.2, 0) is 11.2 Å². The Kier molecular flexibility index (Phi) is 5.99. The summed E-state index contributed by atoms with van der Waals surface area (Å²) in [6.45, 7) is 1.58. The van der Waals surface area contributed by atoms with Crippen molar-refractivity contribution in [1.29, 1.82) is 0 Å². The van der Waals surface area contributed by atoms with Gasteiger partial charge >= 0.3 is 5.69 Å². The van der Waals surface area contributed by atoms with E-state index in [1.807, 2.05) is 12.1 Å². The second kappa shape index (κ2) is 8.25. The number of aryl methyl sites for hydroxylation is 1. The Morgan fingerprint density at radius 3 is 2.63 bits per heavy atom. The number of fused-ring (bicyclic) bond motifs is 1. The normalized spacial score (nSPS) is 28.1. The van der Waals surface area contributed by atoms with Gasteiger partial charge in [0.05, 0.1) is 23.2 Å². The van der Waals surface area contributed by atoms with Crippen molar-refractivity contribution in [3.05, 3.63) is 33.7 Å². The molecule has 1 aliphatic heterocycles. The summed E-state index contributed by atoms with van der Waals surface area (Å²) < 4.78 is 5.40. The molecule has 1 aromatic heterocycles. The summed E-state index contributed by atoms with van der Waals surface area (Å²) in [5, 5.41) is 39.1. The molecular weight excluding hydrogens is 352 g/mol. The average Bonchev–Trinajstić information content (AvgIpc) is 3.04. The zero-order valence-electron chi connectivity index (χ0n) is 15.0. The molecule has 6 N–H and O–H groups in total. The molecule has 0 unspecified atom stereocenters. The van der Waals surface area contributed by atoms with Crippen LogP contribution in [-0.4, -0.2) is 67.5 Å².